The molecule has 2 aromatic rings. The van der Waals surface area contributed by atoms with E-state index in [0.29, 0.717) is 17.3 Å². The Bertz CT molecular complexity index is 916. The highest BCUT2D eigenvalue weighted by Crippen LogP contribution is 2.32. The summed E-state index contributed by atoms with van der Waals surface area (Å²) in [5, 5.41) is 0.583. The fourth-order valence-corrected chi connectivity index (χ4v) is 5.99. The number of piperazine rings is 1. The average Bonchev–Trinajstić information content (AvgIpc) is 2.92. The number of carbonyl (C=O) groups excluding carboxylic acids is 1. The second-order valence-electron chi connectivity index (χ2n) is 6.84. The molecule has 0 aliphatic carbocycles. The van der Waals surface area contributed by atoms with Crippen molar-refractivity contribution in [3.63, 3.8) is 0 Å². The third-order valence-electron chi connectivity index (χ3n) is 5.03. The van der Waals surface area contributed by atoms with Gasteiger partial charge in [-0.05, 0) is 29.8 Å². The maximum atomic E-state index is 12.9. The molecule has 0 aromatic heterocycles. The molecule has 2 aromatic carbocycles. The van der Waals surface area contributed by atoms with E-state index >= 15 is 0 Å². The topological polar surface area (TPSA) is 57.7 Å². The molecule has 0 spiro atoms. The summed E-state index contributed by atoms with van der Waals surface area (Å²) < 4.78 is 24.7. The minimum absolute atomic E-state index is 0.00266. The number of rotatable bonds is 3. The number of carbonyl (C=O) groups is 1. The molecule has 2 aliphatic heterocycles. The Morgan fingerprint density at radius 2 is 1.62 bits per heavy atom. The van der Waals surface area contributed by atoms with Crippen LogP contribution in [-0.2, 0) is 21.2 Å². The van der Waals surface area contributed by atoms with Crippen molar-refractivity contribution < 1.29 is 13.2 Å². The molecule has 0 bridgehead atoms. The van der Waals surface area contributed by atoms with Crippen LogP contribution in [0.1, 0.15) is 5.56 Å². The lowest BCUT2D eigenvalue weighted by molar-refractivity contribution is -0.123. The summed E-state index contributed by atoms with van der Waals surface area (Å²) in [5.74, 6) is 0.000684. The summed E-state index contributed by atoms with van der Waals surface area (Å²) in [6.07, 6.45) is 0. The molecule has 0 unspecified atom stereocenters. The minimum atomic E-state index is -3.19. The lowest BCUT2D eigenvalue weighted by Crippen LogP contribution is -2.61. The maximum absolute atomic E-state index is 12.9. The van der Waals surface area contributed by atoms with Crippen molar-refractivity contribution >= 4 is 33.0 Å². The Balaban J connectivity index is 1.67. The molecule has 0 radical (unpaired) electrons. The first-order valence-electron chi connectivity index (χ1n) is 8.49. The van der Waals surface area contributed by atoms with Gasteiger partial charge in [0, 0.05) is 23.3 Å². The number of benzene rings is 2. The SMILES string of the molecule is O=C1CN(Cc2ccccc2)[C@@H]2CS(=O)(=O)C[C@@H]2N1c1ccc(Cl)cc1. The second-order valence-corrected chi connectivity index (χ2v) is 9.43. The van der Waals surface area contributed by atoms with E-state index in [0.717, 1.165) is 5.56 Å². The van der Waals surface area contributed by atoms with E-state index in [1.54, 1.807) is 29.2 Å². The number of anilines is 1. The lowest BCUT2D eigenvalue weighted by Gasteiger charge is -2.43. The number of amides is 1. The van der Waals surface area contributed by atoms with Crippen molar-refractivity contribution in [2.75, 3.05) is 23.0 Å². The summed E-state index contributed by atoms with van der Waals surface area (Å²) in [4.78, 5) is 16.5. The van der Waals surface area contributed by atoms with Gasteiger partial charge in [-0.1, -0.05) is 41.9 Å². The number of nitrogens with zero attached hydrogens (tertiary/aromatic N) is 2. The molecule has 2 aliphatic rings. The molecule has 0 N–H and O–H groups in total. The van der Waals surface area contributed by atoms with Crippen LogP contribution < -0.4 is 4.90 Å². The molecule has 136 valence electrons. The van der Waals surface area contributed by atoms with Crippen LogP contribution in [0.25, 0.3) is 0 Å². The standard InChI is InChI=1S/C19H19ClN2O3S/c20-15-6-8-16(9-7-15)22-18-13-26(24,25)12-17(18)21(11-19(22)23)10-14-4-2-1-3-5-14/h1-9,17-18H,10-13H2/t17-,18+/m1/s1. The van der Waals surface area contributed by atoms with Crippen LogP contribution in [0.15, 0.2) is 54.6 Å². The average molecular weight is 391 g/mol. The molecule has 5 nitrogen and oxygen atoms in total. The molecule has 2 atom stereocenters. The number of sulfone groups is 1. The van der Waals surface area contributed by atoms with E-state index in [2.05, 4.69) is 0 Å². The molecule has 2 fully saturated rings. The molecule has 2 heterocycles. The zero-order valence-electron chi connectivity index (χ0n) is 14.1. The summed E-state index contributed by atoms with van der Waals surface area (Å²) in [7, 11) is -3.19. The van der Waals surface area contributed by atoms with E-state index in [1.165, 1.54) is 0 Å². The molecule has 2 saturated heterocycles. The number of fused-ring (bicyclic) bond motifs is 1. The molecule has 4 rings (SSSR count). The van der Waals surface area contributed by atoms with Gasteiger partial charge in [-0.2, -0.15) is 0 Å². The zero-order chi connectivity index (χ0) is 18.3. The van der Waals surface area contributed by atoms with Crippen molar-refractivity contribution in [1.82, 2.24) is 4.90 Å². The molecule has 0 saturated carbocycles. The first-order valence-corrected chi connectivity index (χ1v) is 10.7. The third-order valence-corrected chi connectivity index (χ3v) is 6.99. The molecule has 1 amide bonds. The highest BCUT2D eigenvalue weighted by atomic mass is 35.5. The van der Waals surface area contributed by atoms with Gasteiger partial charge in [-0.25, -0.2) is 8.42 Å². The Kier molecular flexibility index (Phi) is 4.50. The first-order chi connectivity index (χ1) is 12.4. The molecular formula is C19H19ClN2O3S. The minimum Gasteiger partial charge on any atom is -0.306 e. The highest BCUT2D eigenvalue weighted by Gasteiger charge is 2.49. The summed E-state index contributed by atoms with van der Waals surface area (Å²) in [6, 6.07) is 16.2. The number of hydrogen-bond acceptors (Lipinski definition) is 4. The Morgan fingerprint density at radius 1 is 0.962 bits per heavy atom. The predicted molar refractivity (Wildman–Crippen MR) is 102 cm³/mol. The van der Waals surface area contributed by atoms with Crippen LogP contribution in [0.2, 0.25) is 5.02 Å². The Hall–Kier alpha value is -1.89. The Labute approximate surface area is 158 Å². The van der Waals surface area contributed by atoms with Crippen LogP contribution >= 0.6 is 11.6 Å². The van der Waals surface area contributed by atoms with Gasteiger partial charge in [-0.15, -0.1) is 0 Å². The Morgan fingerprint density at radius 3 is 2.31 bits per heavy atom. The van der Waals surface area contributed by atoms with E-state index in [-0.39, 0.29) is 36.0 Å². The summed E-state index contributed by atoms with van der Waals surface area (Å²) >= 11 is 5.95. The monoisotopic (exact) mass is 390 g/mol. The van der Waals surface area contributed by atoms with Crippen molar-refractivity contribution in [3.8, 4) is 0 Å². The summed E-state index contributed by atoms with van der Waals surface area (Å²) in [6.45, 7) is 0.770. The van der Waals surface area contributed by atoms with Crippen molar-refractivity contribution in [2.45, 2.75) is 18.6 Å². The van der Waals surface area contributed by atoms with Crippen LogP contribution in [0.4, 0.5) is 5.69 Å². The fraction of sp³-hybridized carbons (Fsp3) is 0.316. The van der Waals surface area contributed by atoms with Gasteiger partial charge in [0.15, 0.2) is 9.84 Å². The van der Waals surface area contributed by atoms with Crippen molar-refractivity contribution in [3.05, 3.63) is 65.2 Å². The molecular weight excluding hydrogens is 372 g/mol. The van der Waals surface area contributed by atoms with E-state index < -0.39 is 9.84 Å². The lowest BCUT2D eigenvalue weighted by atomic mass is 10.0. The number of hydrogen-bond donors (Lipinski definition) is 0. The third kappa shape index (κ3) is 3.37. The zero-order valence-corrected chi connectivity index (χ0v) is 15.7. The van der Waals surface area contributed by atoms with Crippen molar-refractivity contribution in [2.24, 2.45) is 0 Å². The second kappa shape index (κ2) is 6.68. The van der Waals surface area contributed by atoms with Crippen LogP contribution in [-0.4, -0.2) is 49.4 Å². The fourth-order valence-electron chi connectivity index (χ4n) is 3.89. The van der Waals surface area contributed by atoms with Gasteiger partial charge in [-0.3, -0.25) is 9.69 Å². The van der Waals surface area contributed by atoms with Gasteiger partial charge in [0.05, 0.1) is 24.1 Å². The highest BCUT2D eigenvalue weighted by molar-refractivity contribution is 7.91. The molecule has 7 heteroatoms. The van der Waals surface area contributed by atoms with Gasteiger partial charge in [0.2, 0.25) is 5.91 Å². The van der Waals surface area contributed by atoms with Gasteiger partial charge >= 0.3 is 0 Å². The van der Waals surface area contributed by atoms with Gasteiger partial charge < -0.3 is 4.90 Å². The van der Waals surface area contributed by atoms with E-state index in [1.807, 2.05) is 35.2 Å². The smallest absolute Gasteiger partial charge is 0.241 e. The van der Waals surface area contributed by atoms with Gasteiger partial charge in [0.1, 0.15) is 0 Å². The molecule has 26 heavy (non-hydrogen) atoms. The quantitative estimate of drug-likeness (QED) is 0.807. The number of halogens is 1. The normalized spacial score (nSPS) is 25.3. The van der Waals surface area contributed by atoms with Crippen LogP contribution in [0, 0.1) is 0 Å². The largest absolute Gasteiger partial charge is 0.306 e. The summed E-state index contributed by atoms with van der Waals surface area (Å²) in [5.41, 5.74) is 1.77. The van der Waals surface area contributed by atoms with Crippen LogP contribution in [0.3, 0.4) is 0 Å². The van der Waals surface area contributed by atoms with E-state index in [4.69, 9.17) is 11.6 Å². The van der Waals surface area contributed by atoms with Crippen LogP contribution in [0.5, 0.6) is 0 Å². The van der Waals surface area contributed by atoms with E-state index in [9.17, 15) is 13.2 Å². The first kappa shape index (κ1) is 17.5. The van der Waals surface area contributed by atoms with Gasteiger partial charge in [0.25, 0.3) is 0 Å². The maximum Gasteiger partial charge on any atom is 0.241 e. The van der Waals surface area contributed by atoms with Crippen molar-refractivity contribution in [1.29, 1.82) is 0 Å². The predicted octanol–water partition coefficient (Wildman–Crippen LogP) is 2.35.